The third kappa shape index (κ3) is 5.40. The lowest BCUT2D eigenvalue weighted by atomic mass is 10.1. The molecule has 0 amide bonds. The first-order valence-corrected chi connectivity index (χ1v) is 10.2. The molecule has 0 saturated carbocycles. The summed E-state index contributed by atoms with van der Waals surface area (Å²) in [6.45, 7) is 0.445. The summed E-state index contributed by atoms with van der Waals surface area (Å²) in [4.78, 5) is 3.80. The van der Waals surface area contributed by atoms with Gasteiger partial charge < -0.3 is 9.15 Å². The molecule has 1 aliphatic rings. The van der Waals surface area contributed by atoms with E-state index in [1.807, 2.05) is 30.3 Å². The van der Waals surface area contributed by atoms with Gasteiger partial charge in [0.25, 0.3) is 5.89 Å². The normalized spacial score (nSPS) is 19.0. The highest BCUT2D eigenvalue weighted by Gasteiger charge is 2.37. The van der Waals surface area contributed by atoms with E-state index in [0.29, 0.717) is 18.6 Å². The second kappa shape index (κ2) is 9.16. The summed E-state index contributed by atoms with van der Waals surface area (Å²) in [5.74, 6) is -0.628. The number of primary sulfonamides is 1. The molecule has 0 radical (unpaired) electrons. The van der Waals surface area contributed by atoms with E-state index in [-0.39, 0.29) is 5.89 Å². The number of pyridine rings is 1. The Morgan fingerprint density at radius 3 is 2.45 bits per heavy atom. The number of halogens is 2. The standard InChI is InChI=1S/C10H13NO3S.C8H5F2N3O/c11-15(12,13)9-6-7-14-10(9)8-4-2-1-3-5-8;9-6(10)8-13-12-7(14-8)5-2-1-3-11-4-5/h1-5,9-10H,6-7H2,(H2,11,12,13);1-4,6H. The second-order valence-corrected chi connectivity index (χ2v) is 7.89. The molecule has 1 fully saturated rings. The Bertz CT molecular complexity index is 1020. The van der Waals surface area contributed by atoms with Gasteiger partial charge in [0.05, 0.1) is 5.56 Å². The average Bonchev–Trinajstić information content (AvgIpc) is 3.40. The van der Waals surface area contributed by atoms with Crippen molar-refractivity contribution in [1.29, 1.82) is 0 Å². The highest BCUT2D eigenvalue weighted by Crippen LogP contribution is 2.32. The summed E-state index contributed by atoms with van der Waals surface area (Å²) in [7, 11) is -3.52. The van der Waals surface area contributed by atoms with Gasteiger partial charge in [-0.1, -0.05) is 30.3 Å². The number of benzene rings is 1. The minimum atomic E-state index is -3.52. The van der Waals surface area contributed by atoms with E-state index in [4.69, 9.17) is 14.3 Å². The molecule has 8 nitrogen and oxygen atoms in total. The molecule has 2 N–H and O–H groups in total. The molecule has 0 aliphatic carbocycles. The van der Waals surface area contributed by atoms with Crippen LogP contribution in [0.2, 0.25) is 0 Å². The lowest BCUT2D eigenvalue weighted by Gasteiger charge is -2.16. The maximum atomic E-state index is 12.1. The summed E-state index contributed by atoms with van der Waals surface area (Å²) in [5, 5.41) is 11.2. The summed E-state index contributed by atoms with van der Waals surface area (Å²) in [5.41, 5.74) is 1.39. The van der Waals surface area contributed by atoms with Crippen LogP contribution in [0, 0.1) is 0 Å². The van der Waals surface area contributed by atoms with Crippen molar-refractivity contribution < 1.29 is 26.4 Å². The Kier molecular flexibility index (Phi) is 6.62. The number of ether oxygens (including phenoxy) is 1. The Balaban J connectivity index is 0.000000166. The maximum absolute atomic E-state index is 12.1. The van der Waals surface area contributed by atoms with E-state index in [9.17, 15) is 17.2 Å². The van der Waals surface area contributed by atoms with Gasteiger partial charge in [0.15, 0.2) is 0 Å². The molecule has 2 unspecified atom stereocenters. The van der Waals surface area contributed by atoms with E-state index >= 15 is 0 Å². The van der Waals surface area contributed by atoms with Gasteiger partial charge in [0.1, 0.15) is 11.4 Å². The molecule has 1 saturated heterocycles. The number of hydrogen-bond acceptors (Lipinski definition) is 7. The van der Waals surface area contributed by atoms with Gasteiger partial charge in [-0.2, -0.15) is 8.78 Å². The largest absolute Gasteiger partial charge is 0.415 e. The molecule has 3 heterocycles. The summed E-state index contributed by atoms with van der Waals surface area (Å²) >= 11 is 0. The van der Waals surface area contributed by atoms with Crippen LogP contribution >= 0.6 is 0 Å². The smallest absolute Gasteiger partial charge is 0.314 e. The zero-order chi connectivity index (χ0) is 20.9. The van der Waals surface area contributed by atoms with Gasteiger partial charge in [-0.3, -0.25) is 4.98 Å². The van der Waals surface area contributed by atoms with Gasteiger partial charge in [0.2, 0.25) is 15.9 Å². The van der Waals surface area contributed by atoms with Crippen molar-refractivity contribution in [2.24, 2.45) is 5.14 Å². The highest BCUT2D eigenvalue weighted by molar-refractivity contribution is 7.89. The molecule has 154 valence electrons. The number of nitrogens with two attached hydrogens (primary N) is 1. The van der Waals surface area contributed by atoms with E-state index in [0.717, 1.165) is 5.56 Å². The van der Waals surface area contributed by atoms with Crippen molar-refractivity contribution in [2.75, 3.05) is 6.61 Å². The van der Waals surface area contributed by atoms with Crippen molar-refractivity contribution in [3.05, 3.63) is 66.3 Å². The molecule has 3 aromatic rings. The molecular weight excluding hydrogens is 406 g/mol. The molecule has 11 heteroatoms. The van der Waals surface area contributed by atoms with Crippen LogP contribution in [0.25, 0.3) is 11.5 Å². The Morgan fingerprint density at radius 1 is 1.10 bits per heavy atom. The van der Waals surface area contributed by atoms with Crippen LogP contribution in [0.1, 0.15) is 30.4 Å². The van der Waals surface area contributed by atoms with Crippen LogP contribution in [0.4, 0.5) is 8.78 Å². The summed E-state index contributed by atoms with van der Waals surface area (Å²) in [6, 6.07) is 12.6. The first kappa shape index (κ1) is 21.0. The number of alkyl halides is 2. The maximum Gasteiger partial charge on any atom is 0.314 e. The van der Waals surface area contributed by atoms with Gasteiger partial charge >= 0.3 is 6.43 Å². The molecule has 0 bridgehead atoms. The molecule has 2 atom stereocenters. The van der Waals surface area contributed by atoms with Gasteiger partial charge in [-0.15, -0.1) is 10.2 Å². The van der Waals surface area contributed by atoms with Crippen LogP contribution in [-0.2, 0) is 14.8 Å². The first-order valence-electron chi connectivity index (χ1n) is 8.56. The topological polar surface area (TPSA) is 121 Å². The van der Waals surface area contributed by atoms with Crippen LogP contribution in [0.3, 0.4) is 0 Å². The van der Waals surface area contributed by atoms with Crippen LogP contribution in [-0.4, -0.2) is 35.5 Å². The summed E-state index contributed by atoms with van der Waals surface area (Å²) < 4.78 is 56.9. The van der Waals surface area contributed by atoms with Gasteiger partial charge in [-0.25, -0.2) is 13.6 Å². The third-order valence-electron chi connectivity index (χ3n) is 4.12. The van der Waals surface area contributed by atoms with Crippen molar-refractivity contribution in [1.82, 2.24) is 15.2 Å². The first-order chi connectivity index (χ1) is 13.9. The molecule has 1 aliphatic heterocycles. The second-order valence-electron chi connectivity index (χ2n) is 6.11. The number of nitrogens with zero attached hydrogens (tertiary/aromatic N) is 3. The predicted octanol–water partition coefficient (Wildman–Crippen LogP) is 2.87. The zero-order valence-electron chi connectivity index (χ0n) is 15.1. The zero-order valence-corrected chi connectivity index (χ0v) is 15.9. The molecule has 29 heavy (non-hydrogen) atoms. The van der Waals surface area contributed by atoms with Gasteiger partial charge in [0, 0.05) is 19.0 Å². The molecule has 2 aromatic heterocycles. The van der Waals surface area contributed by atoms with E-state index in [1.54, 1.807) is 18.3 Å². The minimum Gasteiger partial charge on any atom is -0.415 e. The van der Waals surface area contributed by atoms with E-state index < -0.39 is 33.7 Å². The Hall–Kier alpha value is -2.76. The number of aromatic nitrogens is 3. The lowest BCUT2D eigenvalue weighted by molar-refractivity contribution is 0.113. The lowest BCUT2D eigenvalue weighted by Crippen LogP contribution is -2.30. The van der Waals surface area contributed by atoms with Crippen LogP contribution < -0.4 is 5.14 Å². The third-order valence-corrected chi connectivity index (χ3v) is 5.45. The molecule has 4 rings (SSSR count). The molecule has 1 aromatic carbocycles. The van der Waals surface area contributed by atoms with Crippen LogP contribution in [0.15, 0.2) is 59.3 Å². The fraction of sp³-hybridized carbons (Fsp3) is 0.278. The molecular formula is C18H18F2N4O4S. The minimum absolute atomic E-state index is 0.0494. The van der Waals surface area contributed by atoms with Crippen molar-refractivity contribution in [3.63, 3.8) is 0 Å². The average molecular weight is 424 g/mol. The highest BCUT2D eigenvalue weighted by atomic mass is 32.2. The van der Waals surface area contributed by atoms with Crippen molar-refractivity contribution in [2.45, 2.75) is 24.2 Å². The SMILES string of the molecule is FC(F)c1nnc(-c2cccnc2)o1.NS(=O)(=O)C1CCOC1c1ccccc1. The molecule has 0 spiro atoms. The monoisotopic (exact) mass is 424 g/mol. The van der Waals surface area contributed by atoms with E-state index in [1.165, 1.54) is 6.20 Å². The fourth-order valence-electron chi connectivity index (χ4n) is 2.79. The van der Waals surface area contributed by atoms with Gasteiger partial charge in [-0.05, 0) is 24.1 Å². The summed E-state index contributed by atoms with van der Waals surface area (Å²) in [6.07, 6.45) is 0.337. The number of hydrogen-bond donors (Lipinski definition) is 1. The van der Waals surface area contributed by atoms with Crippen molar-refractivity contribution >= 4 is 10.0 Å². The van der Waals surface area contributed by atoms with E-state index in [2.05, 4.69) is 15.2 Å². The van der Waals surface area contributed by atoms with Crippen molar-refractivity contribution in [3.8, 4) is 11.5 Å². The predicted molar refractivity (Wildman–Crippen MR) is 99.1 cm³/mol. The van der Waals surface area contributed by atoms with Crippen LogP contribution in [0.5, 0.6) is 0 Å². The fourth-order valence-corrected chi connectivity index (χ4v) is 3.79. The number of rotatable bonds is 4. The Labute approximate surface area is 165 Å². The Morgan fingerprint density at radius 2 is 1.86 bits per heavy atom. The number of sulfonamides is 1. The quantitative estimate of drug-likeness (QED) is 0.683.